The first kappa shape index (κ1) is 22.4. The highest BCUT2D eigenvalue weighted by molar-refractivity contribution is 8.00. The number of benzene rings is 1. The number of aromatic nitrogens is 1. The lowest BCUT2D eigenvalue weighted by molar-refractivity contribution is -0.139. The largest absolute Gasteiger partial charge is 0.497 e. The van der Waals surface area contributed by atoms with E-state index < -0.39 is 5.97 Å². The third-order valence-corrected chi connectivity index (χ3v) is 8.12. The van der Waals surface area contributed by atoms with Crippen LogP contribution in [-0.4, -0.2) is 58.7 Å². The number of fused-ring (bicyclic) bond motifs is 1. The number of likely N-dealkylation sites (tertiary alicyclic amines) is 1. The van der Waals surface area contributed by atoms with Crippen LogP contribution in [-0.2, 0) is 11.2 Å². The summed E-state index contributed by atoms with van der Waals surface area (Å²) in [4.78, 5) is 18.5. The molecule has 2 aromatic rings. The van der Waals surface area contributed by atoms with Crippen LogP contribution in [0.2, 0.25) is 0 Å². The Hall–Kier alpha value is -1.79. The molecule has 1 saturated carbocycles. The summed E-state index contributed by atoms with van der Waals surface area (Å²) in [6.07, 6.45) is 9.23. The van der Waals surface area contributed by atoms with Crippen LogP contribution < -0.4 is 4.74 Å². The fourth-order valence-electron chi connectivity index (χ4n) is 4.86. The number of methoxy groups -OCH3 is 1. The van der Waals surface area contributed by atoms with E-state index >= 15 is 0 Å². The molecule has 1 aliphatic carbocycles. The van der Waals surface area contributed by atoms with Gasteiger partial charge in [-0.05, 0) is 86.7 Å². The maximum Gasteiger partial charge on any atom is 0.303 e. The lowest BCUT2D eigenvalue weighted by Crippen LogP contribution is -2.42. The summed E-state index contributed by atoms with van der Waals surface area (Å²) in [5.74, 6) is 2.16. The number of pyridine rings is 1. The number of thioether (sulfide) groups is 1. The van der Waals surface area contributed by atoms with Crippen molar-refractivity contribution in [3.05, 3.63) is 36.0 Å². The van der Waals surface area contributed by atoms with Gasteiger partial charge in [0, 0.05) is 42.1 Å². The zero-order valence-electron chi connectivity index (χ0n) is 18.5. The second-order valence-corrected chi connectivity index (χ2v) is 10.4. The van der Waals surface area contributed by atoms with E-state index in [1.54, 1.807) is 7.11 Å². The highest BCUT2D eigenvalue weighted by Gasteiger charge is 2.30. The van der Waals surface area contributed by atoms with Crippen molar-refractivity contribution in [2.24, 2.45) is 11.8 Å². The first-order valence-electron chi connectivity index (χ1n) is 11.6. The molecule has 31 heavy (non-hydrogen) atoms. The van der Waals surface area contributed by atoms with E-state index in [1.807, 2.05) is 18.3 Å². The average molecular weight is 443 g/mol. The van der Waals surface area contributed by atoms with Gasteiger partial charge in [0.2, 0.25) is 0 Å². The molecule has 0 amide bonds. The molecule has 4 rings (SSSR count). The molecule has 1 saturated heterocycles. The number of piperidine rings is 1. The van der Waals surface area contributed by atoms with Crippen molar-refractivity contribution in [1.29, 1.82) is 0 Å². The molecule has 5 nitrogen and oxygen atoms in total. The summed E-state index contributed by atoms with van der Waals surface area (Å²) in [7, 11) is 1.69. The minimum atomic E-state index is -0.656. The van der Waals surface area contributed by atoms with Crippen LogP contribution >= 0.6 is 11.8 Å². The molecule has 1 aromatic heterocycles. The van der Waals surface area contributed by atoms with E-state index in [-0.39, 0.29) is 5.92 Å². The number of aliphatic carboxylic acids is 1. The Labute approximate surface area is 189 Å². The number of carboxylic acid groups (broad SMARTS) is 1. The summed E-state index contributed by atoms with van der Waals surface area (Å²) < 4.78 is 5.39. The molecule has 2 atom stereocenters. The average Bonchev–Trinajstić information content (AvgIpc) is 3.59. The van der Waals surface area contributed by atoms with E-state index in [1.165, 1.54) is 24.2 Å². The highest BCUT2D eigenvalue weighted by Crippen LogP contribution is 2.35. The third kappa shape index (κ3) is 6.36. The third-order valence-electron chi connectivity index (χ3n) is 6.76. The number of carbonyl (C=O) groups is 1. The van der Waals surface area contributed by atoms with Gasteiger partial charge in [-0.15, -0.1) is 0 Å². The number of hydrogen-bond donors (Lipinski definition) is 1. The molecule has 0 spiro atoms. The van der Waals surface area contributed by atoms with Crippen LogP contribution in [0.1, 0.15) is 44.1 Å². The Balaban J connectivity index is 1.32. The number of carboxylic acids is 1. The van der Waals surface area contributed by atoms with E-state index in [2.05, 4.69) is 33.8 Å². The molecule has 168 valence electrons. The van der Waals surface area contributed by atoms with E-state index in [0.717, 1.165) is 67.2 Å². The predicted octanol–water partition coefficient (Wildman–Crippen LogP) is 4.87. The number of aryl methyl sites for hydroxylation is 1. The van der Waals surface area contributed by atoms with Crippen molar-refractivity contribution in [3.63, 3.8) is 0 Å². The van der Waals surface area contributed by atoms with Gasteiger partial charge in [-0.2, -0.15) is 11.8 Å². The lowest BCUT2D eigenvalue weighted by Gasteiger charge is -2.38. The molecule has 0 bridgehead atoms. The number of hydrogen-bond acceptors (Lipinski definition) is 5. The van der Waals surface area contributed by atoms with Crippen LogP contribution in [0.3, 0.4) is 0 Å². The van der Waals surface area contributed by atoms with Crippen LogP contribution in [0, 0.1) is 11.8 Å². The zero-order chi connectivity index (χ0) is 21.6. The number of rotatable bonds is 11. The predicted molar refractivity (Wildman–Crippen MR) is 127 cm³/mol. The van der Waals surface area contributed by atoms with Gasteiger partial charge in [0.1, 0.15) is 5.75 Å². The molecule has 2 fully saturated rings. The van der Waals surface area contributed by atoms with Crippen molar-refractivity contribution in [2.75, 3.05) is 32.5 Å². The van der Waals surface area contributed by atoms with Gasteiger partial charge in [-0.25, -0.2) is 0 Å². The zero-order valence-corrected chi connectivity index (χ0v) is 19.3. The van der Waals surface area contributed by atoms with Crippen molar-refractivity contribution < 1.29 is 14.6 Å². The molecule has 1 N–H and O–H groups in total. The second kappa shape index (κ2) is 10.7. The van der Waals surface area contributed by atoms with E-state index in [0.29, 0.717) is 12.3 Å². The highest BCUT2D eigenvalue weighted by atomic mass is 32.2. The summed E-state index contributed by atoms with van der Waals surface area (Å²) in [5.41, 5.74) is 2.30. The molecule has 2 aliphatic rings. The van der Waals surface area contributed by atoms with Crippen LogP contribution in [0.4, 0.5) is 0 Å². The van der Waals surface area contributed by atoms with Crippen LogP contribution in [0.15, 0.2) is 30.5 Å². The van der Waals surface area contributed by atoms with E-state index in [4.69, 9.17) is 4.74 Å². The SMILES string of the molecule is COc1ccc2nccc(CCC[C@@H]3CCN(CCSC4CC4)C[C@@H]3CC(=O)O)c2c1. The second-order valence-electron chi connectivity index (χ2n) is 9.02. The van der Waals surface area contributed by atoms with Gasteiger partial charge in [0.05, 0.1) is 12.6 Å². The monoisotopic (exact) mass is 442 g/mol. The topological polar surface area (TPSA) is 62.7 Å². The summed E-state index contributed by atoms with van der Waals surface area (Å²) in [6.45, 7) is 3.16. The fraction of sp³-hybridized carbons (Fsp3) is 0.600. The smallest absolute Gasteiger partial charge is 0.303 e. The van der Waals surface area contributed by atoms with Gasteiger partial charge in [0.15, 0.2) is 0 Å². The molecule has 1 aliphatic heterocycles. The van der Waals surface area contributed by atoms with Crippen LogP contribution in [0.25, 0.3) is 10.9 Å². The molecule has 0 radical (unpaired) electrons. The van der Waals surface area contributed by atoms with Crippen molar-refractivity contribution in [3.8, 4) is 5.75 Å². The molecule has 1 aromatic carbocycles. The minimum Gasteiger partial charge on any atom is -0.497 e. The Morgan fingerprint density at radius 3 is 2.90 bits per heavy atom. The van der Waals surface area contributed by atoms with Gasteiger partial charge in [0.25, 0.3) is 0 Å². The Morgan fingerprint density at radius 1 is 1.26 bits per heavy atom. The summed E-state index contributed by atoms with van der Waals surface area (Å²) >= 11 is 2.09. The lowest BCUT2D eigenvalue weighted by atomic mass is 9.80. The Bertz CT molecular complexity index is 886. The quantitative estimate of drug-likeness (QED) is 0.535. The van der Waals surface area contributed by atoms with Crippen molar-refractivity contribution in [1.82, 2.24) is 9.88 Å². The van der Waals surface area contributed by atoms with Gasteiger partial charge in [-0.3, -0.25) is 9.78 Å². The first-order chi connectivity index (χ1) is 15.1. The van der Waals surface area contributed by atoms with Gasteiger partial charge < -0.3 is 14.7 Å². The minimum absolute atomic E-state index is 0.270. The van der Waals surface area contributed by atoms with Crippen LogP contribution in [0.5, 0.6) is 5.75 Å². The van der Waals surface area contributed by atoms with Gasteiger partial charge in [-0.1, -0.05) is 0 Å². The summed E-state index contributed by atoms with van der Waals surface area (Å²) in [6, 6.07) is 8.14. The summed E-state index contributed by atoms with van der Waals surface area (Å²) in [5, 5.41) is 11.5. The Kier molecular flexibility index (Phi) is 7.72. The Morgan fingerprint density at radius 2 is 2.13 bits per heavy atom. The first-order valence-corrected chi connectivity index (χ1v) is 12.6. The standard InChI is InChI=1S/C25H34N2O3S/c1-30-21-5-8-24-23(16-21)19(9-11-26-24)4-2-3-18-10-12-27(13-14-31-22-6-7-22)17-20(18)15-25(28)29/h5,8-9,11,16,18,20,22H,2-4,6-7,10,12-15,17H2,1H3,(H,28,29)/t18-,20+/m1/s1. The van der Waals surface area contributed by atoms with Crippen molar-refractivity contribution >= 4 is 28.6 Å². The normalized spacial score (nSPS) is 22.0. The van der Waals surface area contributed by atoms with E-state index in [9.17, 15) is 9.90 Å². The molecule has 2 heterocycles. The van der Waals surface area contributed by atoms with Crippen molar-refractivity contribution in [2.45, 2.75) is 50.2 Å². The number of ether oxygens (including phenoxy) is 1. The molecular weight excluding hydrogens is 408 g/mol. The van der Waals surface area contributed by atoms with Gasteiger partial charge >= 0.3 is 5.97 Å². The fourth-order valence-corrected chi connectivity index (χ4v) is 6.03. The maximum atomic E-state index is 11.5. The number of nitrogens with zero attached hydrogens (tertiary/aromatic N) is 2. The molecule has 6 heteroatoms. The maximum absolute atomic E-state index is 11.5. The molecule has 0 unspecified atom stereocenters. The molecular formula is C25H34N2O3S.